The summed E-state index contributed by atoms with van der Waals surface area (Å²) in [5.41, 5.74) is 2.66. The molecule has 0 unspecified atom stereocenters. The van der Waals surface area contributed by atoms with Crippen LogP contribution in [0.25, 0.3) is 11.3 Å². The molecule has 1 amide bonds. The van der Waals surface area contributed by atoms with Gasteiger partial charge < -0.3 is 9.52 Å². The van der Waals surface area contributed by atoms with E-state index < -0.39 is 16.9 Å². The highest BCUT2D eigenvalue weighted by Crippen LogP contribution is 2.25. The van der Waals surface area contributed by atoms with E-state index in [-0.39, 0.29) is 5.69 Å². The molecule has 0 aliphatic carbocycles. The van der Waals surface area contributed by atoms with Gasteiger partial charge in [-0.25, -0.2) is 5.43 Å². The summed E-state index contributed by atoms with van der Waals surface area (Å²) in [5.74, 6) is 0.154. The van der Waals surface area contributed by atoms with Crippen LogP contribution in [0, 0.1) is 10.1 Å². The number of nitrogens with one attached hydrogen (secondary N) is 1. The van der Waals surface area contributed by atoms with Crippen LogP contribution in [0.2, 0.25) is 0 Å². The summed E-state index contributed by atoms with van der Waals surface area (Å²) in [5, 5.41) is 23.3. The summed E-state index contributed by atoms with van der Waals surface area (Å²) in [4.78, 5) is 21.3. The monoisotopic (exact) mass is 303 g/mol. The lowest BCUT2D eigenvalue weighted by Gasteiger charge is -1.99. The molecule has 2 rings (SSSR count). The Bertz CT molecular complexity index is 721. The zero-order valence-electron chi connectivity index (χ0n) is 11.6. The minimum absolute atomic E-state index is 0.0340. The van der Waals surface area contributed by atoms with Crippen molar-refractivity contribution in [3.8, 4) is 11.3 Å². The first-order chi connectivity index (χ1) is 10.5. The summed E-state index contributed by atoms with van der Waals surface area (Å²) < 4.78 is 5.46. The van der Waals surface area contributed by atoms with Crippen LogP contribution in [0.3, 0.4) is 0 Å². The summed E-state index contributed by atoms with van der Waals surface area (Å²) in [6.07, 6.45) is 0.107. The zero-order chi connectivity index (χ0) is 16.1. The lowest BCUT2D eigenvalue weighted by atomic mass is 10.1. The molecule has 0 fully saturated rings. The van der Waals surface area contributed by atoms with E-state index in [0.717, 1.165) is 0 Å². The number of non-ortho nitro benzene ring substituents is 1. The molecule has 2 N–H and O–H groups in total. The van der Waals surface area contributed by atoms with Gasteiger partial charge in [-0.1, -0.05) is 12.1 Å². The Kier molecular flexibility index (Phi) is 4.64. The first kappa shape index (κ1) is 15.4. The van der Waals surface area contributed by atoms with Crippen molar-refractivity contribution in [2.45, 2.75) is 13.0 Å². The fourth-order valence-corrected chi connectivity index (χ4v) is 1.60. The lowest BCUT2D eigenvalue weighted by molar-refractivity contribution is -0.384. The highest BCUT2D eigenvalue weighted by Gasteiger charge is 2.10. The topological polar surface area (TPSA) is 118 Å². The van der Waals surface area contributed by atoms with Crippen molar-refractivity contribution < 1.29 is 19.2 Å². The molecule has 0 saturated carbocycles. The number of benzene rings is 1. The minimum atomic E-state index is -1.16. The molecule has 2 aromatic rings. The molecule has 8 nitrogen and oxygen atoms in total. The maximum absolute atomic E-state index is 11.1. The fraction of sp³-hybridized carbons (Fsp3) is 0.143. The molecule has 1 aromatic carbocycles. The van der Waals surface area contributed by atoms with Gasteiger partial charge in [0.15, 0.2) is 0 Å². The molecule has 114 valence electrons. The highest BCUT2D eigenvalue weighted by molar-refractivity contribution is 5.83. The number of nitro groups is 1. The van der Waals surface area contributed by atoms with E-state index in [1.54, 1.807) is 24.3 Å². The lowest BCUT2D eigenvalue weighted by Crippen LogP contribution is -2.28. The van der Waals surface area contributed by atoms with Gasteiger partial charge in [0.2, 0.25) is 0 Å². The van der Waals surface area contributed by atoms with Gasteiger partial charge in [-0.3, -0.25) is 14.9 Å². The van der Waals surface area contributed by atoms with Crippen LogP contribution in [0.4, 0.5) is 5.69 Å². The van der Waals surface area contributed by atoms with Crippen molar-refractivity contribution in [3.63, 3.8) is 0 Å². The Morgan fingerprint density at radius 2 is 2.23 bits per heavy atom. The quantitative estimate of drug-likeness (QED) is 0.495. The number of hydrazone groups is 1. The smallest absolute Gasteiger partial charge is 0.270 e. The van der Waals surface area contributed by atoms with Gasteiger partial charge in [-0.2, -0.15) is 5.10 Å². The van der Waals surface area contributed by atoms with Crippen molar-refractivity contribution in [3.05, 3.63) is 52.3 Å². The third kappa shape index (κ3) is 3.76. The second-order valence-electron chi connectivity index (χ2n) is 4.42. The van der Waals surface area contributed by atoms with Gasteiger partial charge in [0.25, 0.3) is 11.6 Å². The van der Waals surface area contributed by atoms with E-state index in [2.05, 4.69) is 10.5 Å². The summed E-state index contributed by atoms with van der Waals surface area (Å²) in [7, 11) is 0. The number of carbonyl (C=O) groups excluding carboxylic acids is 1. The largest absolute Gasteiger partial charge is 0.455 e. The molecule has 0 aliphatic rings. The van der Waals surface area contributed by atoms with E-state index in [0.29, 0.717) is 17.1 Å². The second kappa shape index (κ2) is 6.64. The first-order valence-electron chi connectivity index (χ1n) is 6.33. The Labute approximate surface area is 125 Å². The van der Waals surface area contributed by atoms with Gasteiger partial charge in [0, 0.05) is 17.7 Å². The fourth-order valence-electron chi connectivity index (χ4n) is 1.60. The number of aliphatic hydroxyl groups is 1. The maximum Gasteiger partial charge on any atom is 0.270 e. The average molecular weight is 303 g/mol. The number of amides is 1. The van der Waals surface area contributed by atoms with E-state index in [9.17, 15) is 14.9 Å². The van der Waals surface area contributed by atoms with Crippen molar-refractivity contribution in [2.24, 2.45) is 5.10 Å². The molecule has 0 bridgehead atoms. The number of nitro benzene ring substituents is 1. The van der Waals surface area contributed by atoms with E-state index >= 15 is 0 Å². The molecule has 1 aromatic heterocycles. The van der Waals surface area contributed by atoms with E-state index in [1.807, 2.05) is 0 Å². The van der Waals surface area contributed by atoms with Crippen molar-refractivity contribution in [1.82, 2.24) is 5.43 Å². The van der Waals surface area contributed by atoms with Crippen LogP contribution < -0.4 is 5.43 Å². The van der Waals surface area contributed by atoms with Crippen LogP contribution in [-0.4, -0.2) is 28.3 Å². The number of furan rings is 1. The third-order valence-electron chi connectivity index (χ3n) is 2.71. The maximum atomic E-state index is 11.1. The molecule has 8 heteroatoms. The number of nitrogens with zero attached hydrogens (tertiary/aromatic N) is 2. The standard InChI is InChI=1S/C14H13N3O5/c1-9(18)14(19)16-15-8-12-5-6-13(22-12)10-3-2-4-11(7-10)17(20)21/h2-9,18H,1H3,(H,16,19)/b15-8+/t9-/m1/s1. The number of hydrogen-bond acceptors (Lipinski definition) is 6. The van der Waals surface area contributed by atoms with Gasteiger partial charge >= 0.3 is 0 Å². The number of carbonyl (C=O) groups is 1. The van der Waals surface area contributed by atoms with Crippen molar-refractivity contribution in [2.75, 3.05) is 0 Å². The van der Waals surface area contributed by atoms with Crippen LogP contribution in [-0.2, 0) is 4.79 Å². The summed E-state index contributed by atoms with van der Waals surface area (Å²) in [6, 6.07) is 9.27. The van der Waals surface area contributed by atoms with Gasteiger partial charge in [-0.05, 0) is 19.1 Å². The van der Waals surface area contributed by atoms with Crippen LogP contribution in [0.15, 0.2) is 45.9 Å². The summed E-state index contributed by atoms with van der Waals surface area (Å²) >= 11 is 0. The van der Waals surface area contributed by atoms with Gasteiger partial charge in [0.05, 0.1) is 11.1 Å². The number of aliphatic hydroxyl groups excluding tert-OH is 1. The molecule has 1 atom stereocenters. The predicted molar refractivity (Wildman–Crippen MR) is 78.2 cm³/mol. The second-order valence-corrected chi connectivity index (χ2v) is 4.42. The molecular formula is C14H13N3O5. The van der Waals surface area contributed by atoms with E-state index in [4.69, 9.17) is 9.52 Å². The molecule has 0 spiro atoms. The molecule has 22 heavy (non-hydrogen) atoms. The minimum Gasteiger partial charge on any atom is -0.455 e. The molecule has 0 radical (unpaired) electrons. The van der Waals surface area contributed by atoms with Crippen LogP contribution in [0.5, 0.6) is 0 Å². The third-order valence-corrected chi connectivity index (χ3v) is 2.71. The zero-order valence-corrected chi connectivity index (χ0v) is 11.6. The van der Waals surface area contributed by atoms with Gasteiger partial charge in [-0.15, -0.1) is 0 Å². The van der Waals surface area contributed by atoms with Crippen molar-refractivity contribution >= 4 is 17.8 Å². The van der Waals surface area contributed by atoms with Crippen molar-refractivity contribution in [1.29, 1.82) is 0 Å². The Balaban J connectivity index is 2.11. The molecular weight excluding hydrogens is 290 g/mol. The number of rotatable bonds is 5. The molecule has 1 heterocycles. The van der Waals surface area contributed by atoms with Crippen LogP contribution in [0.1, 0.15) is 12.7 Å². The predicted octanol–water partition coefficient (Wildman–Crippen LogP) is 1.69. The Morgan fingerprint density at radius 3 is 2.91 bits per heavy atom. The summed E-state index contributed by atoms with van der Waals surface area (Å²) in [6.45, 7) is 1.32. The van der Waals surface area contributed by atoms with Gasteiger partial charge in [0.1, 0.15) is 17.6 Å². The highest BCUT2D eigenvalue weighted by atomic mass is 16.6. The average Bonchev–Trinajstić information content (AvgIpc) is 2.96. The SMILES string of the molecule is C[C@@H](O)C(=O)N/N=C/c1ccc(-c2cccc([N+](=O)[O-])c2)o1. The molecule has 0 saturated heterocycles. The Morgan fingerprint density at radius 1 is 1.45 bits per heavy atom. The van der Waals surface area contributed by atoms with E-state index in [1.165, 1.54) is 25.3 Å². The van der Waals surface area contributed by atoms with Crippen LogP contribution >= 0.6 is 0 Å². The molecule has 0 aliphatic heterocycles. The Hall–Kier alpha value is -3.00. The normalized spacial score (nSPS) is 12.3. The first-order valence-corrected chi connectivity index (χ1v) is 6.33. The number of hydrogen-bond donors (Lipinski definition) is 2.